The fraction of sp³-hybridized carbons (Fsp3) is 0.583. The van der Waals surface area contributed by atoms with E-state index in [1.807, 2.05) is 12.1 Å². The number of ether oxygens (including phenoxy) is 1. The maximum absolute atomic E-state index is 5.91. The summed E-state index contributed by atoms with van der Waals surface area (Å²) in [4.78, 5) is 6.70. The predicted molar refractivity (Wildman–Crippen MR) is 64.0 cm³/mol. The van der Waals surface area contributed by atoms with Gasteiger partial charge in [-0.1, -0.05) is 0 Å². The van der Waals surface area contributed by atoms with Crippen molar-refractivity contribution in [2.24, 2.45) is 0 Å². The Bertz CT molecular complexity index is 365. The zero-order valence-electron chi connectivity index (χ0n) is 9.94. The van der Waals surface area contributed by atoms with Crippen molar-refractivity contribution in [3.63, 3.8) is 0 Å². The predicted octanol–water partition coefficient (Wildman–Crippen LogP) is 1.27. The Labute approximate surface area is 96.4 Å². The van der Waals surface area contributed by atoms with Crippen LogP contribution in [0, 0.1) is 0 Å². The number of nitrogens with zero attached hydrogens (tertiary/aromatic N) is 2. The summed E-state index contributed by atoms with van der Waals surface area (Å²) in [7, 11) is 0. The summed E-state index contributed by atoms with van der Waals surface area (Å²) >= 11 is 0. The van der Waals surface area contributed by atoms with Crippen LogP contribution in [-0.4, -0.2) is 35.2 Å². The molecule has 0 spiro atoms. The minimum atomic E-state index is 0.0577. The normalized spacial score (nSPS) is 20.9. The molecule has 4 heteroatoms. The van der Waals surface area contributed by atoms with Gasteiger partial charge in [0.15, 0.2) is 0 Å². The summed E-state index contributed by atoms with van der Waals surface area (Å²) in [6.45, 7) is 7.65. The third-order valence-electron chi connectivity index (χ3n) is 3.08. The van der Waals surface area contributed by atoms with Crippen molar-refractivity contribution >= 4 is 5.69 Å². The van der Waals surface area contributed by atoms with Crippen molar-refractivity contribution < 1.29 is 4.74 Å². The van der Waals surface area contributed by atoms with Gasteiger partial charge in [-0.25, -0.2) is 0 Å². The highest BCUT2D eigenvalue weighted by Gasteiger charge is 2.30. The smallest absolute Gasteiger partial charge is 0.0772 e. The van der Waals surface area contributed by atoms with Gasteiger partial charge in [0.05, 0.1) is 24.6 Å². The van der Waals surface area contributed by atoms with Crippen LogP contribution in [0.25, 0.3) is 0 Å². The number of pyridine rings is 1. The highest BCUT2D eigenvalue weighted by molar-refractivity contribution is 5.41. The van der Waals surface area contributed by atoms with Gasteiger partial charge in [-0.3, -0.25) is 9.88 Å². The summed E-state index contributed by atoms with van der Waals surface area (Å²) in [6.07, 6.45) is 1.79. The molecular formula is C12H19N3O. The van der Waals surface area contributed by atoms with Crippen molar-refractivity contribution in [1.82, 2.24) is 9.88 Å². The number of nitrogens with two attached hydrogens (primary N) is 1. The lowest BCUT2D eigenvalue weighted by Gasteiger charge is -2.42. The Kier molecular flexibility index (Phi) is 3.12. The van der Waals surface area contributed by atoms with Gasteiger partial charge in [0.2, 0.25) is 0 Å². The molecular weight excluding hydrogens is 202 g/mol. The molecule has 16 heavy (non-hydrogen) atoms. The molecule has 0 unspecified atom stereocenters. The summed E-state index contributed by atoms with van der Waals surface area (Å²) < 4.78 is 5.49. The minimum Gasteiger partial charge on any atom is -0.397 e. The van der Waals surface area contributed by atoms with E-state index in [1.165, 1.54) is 0 Å². The quantitative estimate of drug-likeness (QED) is 0.817. The maximum atomic E-state index is 5.91. The molecule has 1 aromatic rings. The Balaban J connectivity index is 2.12. The van der Waals surface area contributed by atoms with E-state index in [-0.39, 0.29) is 5.54 Å². The molecule has 4 nitrogen and oxygen atoms in total. The average Bonchev–Trinajstić information content (AvgIpc) is 2.24. The molecule has 2 N–H and O–H groups in total. The first kappa shape index (κ1) is 11.4. The van der Waals surface area contributed by atoms with Gasteiger partial charge >= 0.3 is 0 Å². The molecule has 1 aliphatic heterocycles. The molecule has 0 saturated carbocycles. The van der Waals surface area contributed by atoms with Gasteiger partial charge in [0, 0.05) is 24.8 Å². The van der Waals surface area contributed by atoms with Crippen LogP contribution in [0.2, 0.25) is 0 Å². The SMILES string of the molecule is CC1(C)COCCN1Cc1ncccc1N. The zero-order chi connectivity index (χ0) is 11.6. The molecule has 0 aliphatic carbocycles. The summed E-state index contributed by atoms with van der Waals surface area (Å²) in [5, 5.41) is 0. The number of nitrogen functional groups attached to an aromatic ring is 1. The molecule has 1 fully saturated rings. The average molecular weight is 221 g/mol. The molecule has 88 valence electrons. The van der Waals surface area contributed by atoms with Gasteiger partial charge in [-0.05, 0) is 26.0 Å². The third-order valence-corrected chi connectivity index (χ3v) is 3.08. The third kappa shape index (κ3) is 2.33. The number of aromatic nitrogens is 1. The van der Waals surface area contributed by atoms with Crippen LogP contribution < -0.4 is 5.73 Å². The van der Waals surface area contributed by atoms with Crippen molar-refractivity contribution in [2.45, 2.75) is 25.9 Å². The van der Waals surface area contributed by atoms with Crippen molar-refractivity contribution in [1.29, 1.82) is 0 Å². The first-order chi connectivity index (χ1) is 7.59. The van der Waals surface area contributed by atoms with Crippen LogP contribution in [0.3, 0.4) is 0 Å². The van der Waals surface area contributed by atoms with Crippen molar-refractivity contribution in [3.8, 4) is 0 Å². The van der Waals surface area contributed by atoms with Gasteiger partial charge in [0.25, 0.3) is 0 Å². The maximum Gasteiger partial charge on any atom is 0.0772 e. The lowest BCUT2D eigenvalue weighted by atomic mass is 10.0. The Morgan fingerprint density at radius 1 is 1.56 bits per heavy atom. The van der Waals surface area contributed by atoms with Crippen LogP contribution >= 0.6 is 0 Å². The van der Waals surface area contributed by atoms with E-state index < -0.39 is 0 Å². The van der Waals surface area contributed by atoms with E-state index in [1.54, 1.807) is 6.20 Å². The van der Waals surface area contributed by atoms with E-state index in [0.29, 0.717) is 0 Å². The highest BCUT2D eigenvalue weighted by Crippen LogP contribution is 2.22. The summed E-state index contributed by atoms with van der Waals surface area (Å²) in [5.41, 5.74) is 7.69. The number of hydrogen-bond donors (Lipinski definition) is 1. The largest absolute Gasteiger partial charge is 0.397 e. The standard InChI is InChI=1S/C12H19N3O/c1-12(2)9-16-7-6-15(12)8-11-10(13)4-3-5-14-11/h3-5H,6-9,13H2,1-2H3. The fourth-order valence-electron chi connectivity index (χ4n) is 1.95. The van der Waals surface area contributed by atoms with Gasteiger partial charge in [-0.2, -0.15) is 0 Å². The highest BCUT2D eigenvalue weighted by atomic mass is 16.5. The second kappa shape index (κ2) is 4.39. The van der Waals surface area contributed by atoms with Crippen LogP contribution in [-0.2, 0) is 11.3 Å². The molecule has 0 aromatic carbocycles. The number of morpholine rings is 1. The van der Waals surface area contributed by atoms with Gasteiger partial charge in [0.1, 0.15) is 0 Å². The molecule has 1 aliphatic rings. The lowest BCUT2D eigenvalue weighted by Crippen LogP contribution is -2.52. The second-order valence-corrected chi connectivity index (χ2v) is 4.83. The summed E-state index contributed by atoms with van der Waals surface area (Å²) in [5.74, 6) is 0. The Morgan fingerprint density at radius 2 is 2.38 bits per heavy atom. The monoisotopic (exact) mass is 221 g/mol. The van der Waals surface area contributed by atoms with Crippen LogP contribution in [0.5, 0.6) is 0 Å². The first-order valence-electron chi connectivity index (χ1n) is 5.62. The molecule has 0 atom stereocenters. The second-order valence-electron chi connectivity index (χ2n) is 4.83. The van der Waals surface area contributed by atoms with Gasteiger partial charge in [-0.15, -0.1) is 0 Å². The Morgan fingerprint density at radius 3 is 3.06 bits per heavy atom. The number of hydrogen-bond acceptors (Lipinski definition) is 4. The van der Waals surface area contributed by atoms with Crippen LogP contribution in [0.4, 0.5) is 5.69 Å². The van der Waals surface area contributed by atoms with E-state index in [0.717, 1.165) is 37.7 Å². The molecule has 1 saturated heterocycles. The van der Waals surface area contributed by atoms with E-state index in [2.05, 4.69) is 23.7 Å². The van der Waals surface area contributed by atoms with Crippen LogP contribution in [0.1, 0.15) is 19.5 Å². The first-order valence-corrected chi connectivity index (χ1v) is 5.62. The molecule has 1 aromatic heterocycles. The fourth-order valence-corrected chi connectivity index (χ4v) is 1.95. The molecule has 2 rings (SSSR count). The molecule has 2 heterocycles. The van der Waals surface area contributed by atoms with E-state index >= 15 is 0 Å². The lowest BCUT2D eigenvalue weighted by molar-refractivity contribution is -0.0556. The number of rotatable bonds is 2. The minimum absolute atomic E-state index is 0.0577. The number of anilines is 1. The van der Waals surface area contributed by atoms with Gasteiger partial charge < -0.3 is 10.5 Å². The van der Waals surface area contributed by atoms with E-state index in [9.17, 15) is 0 Å². The summed E-state index contributed by atoms with van der Waals surface area (Å²) in [6, 6.07) is 3.76. The van der Waals surface area contributed by atoms with E-state index in [4.69, 9.17) is 10.5 Å². The topological polar surface area (TPSA) is 51.4 Å². The molecule has 0 amide bonds. The van der Waals surface area contributed by atoms with Crippen molar-refractivity contribution in [2.75, 3.05) is 25.5 Å². The van der Waals surface area contributed by atoms with Crippen LogP contribution in [0.15, 0.2) is 18.3 Å². The zero-order valence-corrected chi connectivity index (χ0v) is 9.94. The van der Waals surface area contributed by atoms with Crippen molar-refractivity contribution in [3.05, 3.63) is 24.0 Å². The molecule has 0 bridgehead atoms. The molecule has 0 radical (unpaired) electrons. The Hall–Kier alpha value is -1.13.